The predicted molar refractivity (Wildman–Crippen MR) is 72.1 cm³/mol. The summed E-state index contributed by atoms with van der Waals surface area (Å²) >= 11 is 2.97. The normalized spacial score (nSPS) is 12.3. The van der Waals surface area contributed by atoms with Crippen molar-refractivity contribution in [3.8, 4) is 0 Å². The van der Waals surface area contributed by atoms with Gasteiger partial charge in [0, 0.05) is 11.6 Å². The number of ether oxygens (including phenoxy) is 1. The van der Waals surface area contributed by atoms with Crippen molar-refractivity contribution in [1.29, 1.82) is 0 Å². The molecule has 1 atom stereocenters. The van der Waals surface area contributed by atoms with E-state index in [4.69, 9.17) is 4.74 Å². The van der Waals surface area contributed by atoms with Crippen molar-refractivity contribution in [3.05, 3.63) is 33.8 Å². The minimum atomic E-state index is -0.892. The third-order valence-corrected chi connectivity index (χ3v) is 3.03. The summed E-state index contributed by atoms with van der Waals surface area (Å²) in [4.78, 5) is 11.9. The lowest BCUT2D eigenvalue weighted by atomic mass is 10.1. The van der Waals surface area contributed by atoms with Gasteiger partial charge in [-0.2, -0.15) is 0 Å². The summed E-state index contributed by atoms with van der Waals surface area (Å²) in [5.74, 6) is -2.55. The molecule has 0 aliphatic rings. The van der Waals surface area contributed by atoms with Crippen LogP contribution in [0.5, 0.6) is 0 Å². The maximum absolute atomic E-state index is 13.6. The van der Waals surface area contributed by atoms with E-state index in [-0.39, 0.29) is 10.5 Å². The number of rotatable bonds is 6. The topological polar surface area (TPSA) is 38.3 Å². The van der Waals surface area contributed by atoms with Gasteiger partial charge in [0.1, 0.15) is 17.2 Å². The molecule has 106 valence electrons. The molecule has 0 radical (unpaired) electrons. The molecule has 3 nitrogen and oxygen atoms in total. The molecule has 0 saturated carbocycles. The Labute approximate surface area is 119 Å². The molecule has 6 heteroatoms. The maximum atomic E-state index is 13.6. The fourth-order valence-corrected chi connectivity index (χ4v) is 2.17. The summed E-state index contributed by atoms with van der Waals surface area (Å²) in [5, 5.41) is 2.58. The van der Waals surface area contributed by atoms with Gasteiger partial charge in [-0.25, -0.2) is 8.78 Å². The van der Waals surface area contributed by atoms with Gasteiger partial charge in [0.25, 0.3) is 5.91 Å². The van der Waals surface area contributed by atoms with E-state index in [2.05, 4.69) is 21.2 Å². The van der Waals surface area contributed by atoms with Crippen LogP contribution < -0.4 is 5.32 Å². The van der Waals surface area contributed by atoms with E-state index < -0.39 is 23.1 Å². The number of hydrogen-bond acceptors (Lipinski definition) is 2. The Kier molecular flexibility index (Phi) is 6.37. The molecule has 19 heavy (non-hydrogen) atoms. The zero-order valence-electron chi connectivity index (χ0n) is 10.8. The number of nitrogens with one attached hydrogen (secondary N) is 1. The van der Waals surface area contributed by atoms with Crippen molar-refractivity contribution in [3.63, 3.8) is 0 Å². The molecule has 0 saturated heterocycles. The molecule has 0 aliphatic heterocycles. The van der Waals surface area contributed by atoms with Crippen LogP contribution in [0.4, 0.5) is 8.78 Å². The van der Waals surface area contributed by atoms with Crippen molar-refractivity contribution in [2.45, 2.75) is 25.8 Å². The first-order valence-corrected chi connectivity index (χ1v) is 6.73. The van der Waals surface area contributed by atoms with Gasteiger partial charge in [-0.3, -0.25) is 4.79 Å². The lowest BCUT2D eigenvalue weighted by molar-refractivity contribution is 0.0883. The van der Waals surface area contributed by atoms with Crippen molar-refractivity contribution < 1.29 is 18.3 Å². The Morgan fingerprint density at radius 2 is 2.00 bits per heavy atom. The van der Waals surface area contributed by atoms with Gasteiger partial charge >= 0.3 is 0 Å². The predicted octanol–water partition coefficient (Wildman–Crippen LogP) is 3.27. The number of methoxy groups -OCH3 is 1. The van der Waals surface area contributed by atoms with Crippen LogP contribution in [-0.2, 0) is 4.74 Å². The van der Waals surface area contributed by atoms with Gasteiger partial charge in [-0.05, 0) is 18.6 Å². The smallest absolute Gasteiger partial charge is 0.257 e. The average Bonchev–Trinajstić information content (AvgIpc) is 2.27. The summed E-state index contributed by atoms with van der Waals surface area (Å²) < 4.78 is 32.5. The van der Waals surface area contributed by atoms with Crippen LogP contribution in [0.15, 0.2) is 16.6 Å². The first-order chi connectivity index (χ1) is 8.99. The van der Waals surface area contributed by atoms with Crippen LogP contribution in [0, 0.1) is 11.6 Å². The van der Waals surface area contributed by atoms with E-state index in [0.717, 1.165) is 18.6 Å². The average molecular weight is 336 g/mol. The zero-order chi connectivity index (χ0) is 14.4. The highest BCUT2D eigenvalue weighted by Crippen LogP contribution is 2.19. The highest BCUT2D eigenvalue weighted by Gasteiger charge is 2.20. The fourth-order valence-electron chi connectivity index (χ4n) is 1.76. The van der Waals surface area contributed by atoms with E-state index in [1.165, 1.54) is 7.11 Å². The number of amides is 1. The lowest BCUT2D eigenvalue weighted by Gasteiger charge is -2.17. The molecule has 1 unspecified atom stereocenters. The molecule has 0 bridgehead atoms. The Balaban J connectivity index is 2.88. The third-order valence-electron chi connectivity index (χ3n) is 2.57. The lowest BCUT2D eigenvalue weighted by Crippen LogP contribution is -2.38. The molecule has 1 rings (SSSR count). The second kappa shape index (κ2) is 7.55. The van der Waals surface area contributed by atoms with Crippen LogP contribution in [-0.4, -0.2) is 25.7 Å². The quantitative estimate of drug-likeness (QED) is 0.866. The maximum Gasteiger partial charge on any atom is 0.257 e. The van der Waals surface area contributed by atoms with Crippen molar-refractivity contribution >= 4 is 21.8 Å². The Bertz CT molecular complexity index is 425. The van der Waals surface area contributed by atoms with Crippen LogP contribution in [0.1, 0.15) is 30.1 Å². The van der Waals surface area contributed by atoms with Crippen molar-refractivity contribution in [2.24, 2.45) is 0 Å². The highest BCUT2D eigenvalue weighted by atomic mass is 79.9. The van der Waals surface area contributed by atoms with Crippen LogP contribution in [0.25, 0.3) is 0 Å². The third kappa shape index (κ3) is 4.54. The number of halogens is 3. The standard InChI is InChI=1S/C13H16BrF2NO2/c1-3-4-9(7-19-2)17-13(18)12-10(15)5-8(14)6-11(12)16/h5-6,9H,3-4,7H2,1-2H3,(H,17,18). The molecular weight excluding hydrogens is 320 g/mol. The molecule has 1 amide bonds. The molecular formula is C13H16BrF2NO2. The molecule has 0 fully saturated rings. The SMILES string of the molecule is CCCC(COC)NC(=O)c1c(F)cc(Br)cc1F. The second-order valence-corrected chi connectivity index (χ2v) is 5.07. The monoisotopic (exact) mass is 335 g/mol. The summed E-state index contributed by atoms with van der Waals surface area (Å²) in [6.45, 7) is 2.26. The summed E-state index contributed by atoms with van der Waals surface area (Å²) in [7, 11) is 1.51. The molecule has 0 spiro atoms. The Morgan fingerprint density at radius 1 is 1.42 bits per heavy atom. The number of hydrogen-bond donors (Lipinski definition) is 1. The first kappa shape index (κ1) is 16.0. The molecule has 1 N–H and O–H groups in total. The minimum Gasteiger partial charge on any atom is -0.383 e. The molecule has 1 aromatic rings. The number of carbonyl (C=O) groups is 1. The van der Waals surface area contributed by atoms with E-state index in [9.17, 15) is 13.6 Å². The van der Waals surface area contributed by atoms with Gasteiger partial charge in [-0.15, -0.1) is 0 Å². The van der Waals surface area contributed by atoms with Crippen LogP contribution in [0.3, 0.4) is 0 Å². The fraction of sp³-hybridized carbons (Fsp3) is 0.462. The molecule has 0 aromatic heterocycles. The van der Waals surface area contributed by atoms with Gasteiger partial charge in [0.05, 0.1) is 12.6 Å². The summed E-state index contributed by atoms with van der Waals surface area (Å²) in [6.07, 6.45) is 1.51. The van der Waals surface area contributed by atoms with Gasteiger partial charge < -0.3 is 10.1 Å². The second-order valence-electron chi connectivity index (χ2n) is 4.16. The Morgan fingerprint density at radius 3 is 2.47 bits per heavy atom. The van der Waals surface area contributed by atoms with Gasteiger partial charge in [-0.1, -0.05) is 29.3 Å². The van der Waals surface area contributed by atoms with E-state index in [1.54, 1.807) is 0 Å². The van der Waals surface area contributed by atoms with E-state index >= 15 is 0 Å². The van der Waals surface area contributed by atoms with Crippen LogP contribution >= 0.6 is 15.9 Å². The zero-order valence-corrected chi connectivity index (χ0v) is 12.4. The highest BCUT2D eigenvalue weighted by molar-refractivity contribution is 9.10. The number of carbonyl (C=O) groups excluding carboxylic acids is 1. The molecule has 0 aliphatic carbocycles. The summed E-state index contributed by atoms with van der Waals surface area (Å²) in [5.41, 5.74) is -0.569. The first-order valence-electron chi connectivity index (χ1n) is 5.93. The van der Waals surface area contributed by atoms with E-state index in [0.29, 0.717) is 13.0 Å². The van der Waals surface area contributed by atoms with Gasteiger partial charge in [0.2, 0.25) is 0 Å². The summed E-state index contributed by atoms with van der Waals surface area (Å²) in [6, 6.07) is 1.86. The van der Waals surface area contributed by atoms with Crippen molar-refractivity contribution in [2.75, 3.05) is 13.7 Å². The van der Waals surface area contributed by atoms with Crippen LogP contribution in [0.2, 0.25) is 0 Å². The molecule has 0 heterocycles. The number of benzene rings is 1. The largest absolute Gasteiger partial charge is 0.383 e. The minimum absolute atomic E-state index is 0.251. The van der Waals surface area contributed by atoms with E-state index in [1.807, 2.05) is 6.92 Å². The Hall–Kier alpha value is -1.01. The van der Waals surface area contributed by atoms with Crippen molar-refractivity contribution in [1.82, 2.24) is 5.32 Å². The van der Waals surface area contributed by atoms with Gasteiger partial charge in [0.15, 0.2) is 0 Å². The molecule has 1 aromatic carbocycles.